The predicted octanol–water partition coefficient (Wildman–Crippen LogP) is 2.64. The van der Waals surface area contributed by atoms with E-state index >= 15 is 0 Å². The molecule has 0 radical (unpaired) electrons. The van der Waals surface area contributed by atoms with Crippen LogP contribution in [-0.4, -0.2) is 23.9 Å². The van der Waals surface area contributed by atoms with Crippen molar-refractivity contribution in [1.82, 2.24) is 4.90 Å². The van der Waals surface area contributed by atoms with Crippen molar-refractivity contribution in [2.24, 2.45) is 11.7 Å². The molecule has 1 amide bonds. The topological polar surface area (TPSA) is 76.5 Å². The molecule has 0 saturated carbocycles. The molecule has 2 N–H and O–H groups in total. The Hall–Kier alpha value is -2.66. The third-order valence-electron chi connectivity index (χ3n) is 5.02. The molecule has 4 rings (SSSR count). The standard InChI is InChI=1S/C20H20N2O3/c21-20(24)14-5-3-9-22(11-14)12-15-10-18(23)25-17-8-7-13-4-1-2-6-16(13)19(15)17/h1-2,4,6-8,10,14H,3,5,9,11-12H2,(H2,21,24)/t14-/m1/s1. The van der Waals surface area contributed by atoms with Gasteiger partial charge in [0.1, 0.15) is 5.58 Å². The smallest absolute Gasteiger partial charge is 0.336 e. The first-order valence-corrected chi connectivity index (χ1v) is 8.58. The fourth-order valence-electron chi connectivity index (χ4n) is 3.82. The lowest BCUT2D eigenvalue weighted by Gasteiger charge is -2.31. The van der Waals surface area contributed by atoms with Crippen LogP contribution >= 0.6 is 0 Å². The Morgan fingerprint density at radius 3 is 2.92 bits per heavy atom. The van der Waals surface area contributed by atoms with E-state index in [0.29, 0.717) is 18.7 Å². The molecule has 0 spiro atoms. The number of hydrogen-bond donors (Lipinski definition) is 1. The molecule has 0 aliphatic carbocycles. The van der Waals surface area contributed by atoms with Crippen molar-refractivity contribution in [3.8, 4) is 0 Å². The number of primary amides is 1. The molecule has 0 unspecified atom stereocenters. The highest BCUT2D eigenvalue weighted by atomic mass is 16.4. The van der Waals surface area contributed by atoms with E-state index < -0.39 is 0 Å². The molecule has 1 atom stereocenters. The third-order valence-corrected chi connectivity index (χ3v) is 5.02. The molecule has 128 valence electrons. The molecule has 2 heterocycles. The first-order chi connectivity index (χ1) is 12.1. The van der Waals surface area contributed by atoms with Gasteiger partial charge in [-0.1, -0.05) is 30.3 Å². The van der Waals surface area contributed by atoms with Gasteiger partial charge >= 0.3 is 5.63 Å². The SMILES string of the molecule is NC(=O)[C@@H]1CCCN(Cc2cc(=O)oc3ccc4ccccc4c23)C1. The van der Waals surface area contributed by atoms with Crippen molar-refractivity contribution in [2.75, 3.05) is 13.1 Å². The van der Waals surface area contributed by atoms with Gasteiger partial charge in [0.25, 0.3) is 0 Å². The zero-order chi connectivity index (χ0) is 17.4. The Morgan fingerprint density at radius 2 is 2.08 bits per heavy atom. The second-order valence-corrected chi connectivity index (χ2v) is 6.73. The van der Waals surface area contributed by atoms with Gasteiger partial charge in [0.2, 0.25) is 5.91 Å². The molecular weight excluding hydrogens is 316 g/mol. The normalized spacial score (nSPS) is 18.6. The van der Waals surface area contributed by atoms with Gasteiger partial charge in [-0.2, -0.15) is 0 Å². The van der Waals surface area contributed by atoms with E-state index in [-0.39, 0.29) is 17.5 Å². The Morgan fingerprint density at radius 1 is 1.24 bits per heavy atom. The van der Waals surface area contributed by atoms with E-state index in [4.69, 9.17) is 10.2 Å². The predicted molar refractivity (Wildman–Crippen MR) is 97.2 cm³/mol. The lowest BCUT2D eigenvalue weighted by molar-refractivity contribution is -0.123. The Bertz CT molecular complexity index is 1010. The van der Waals surface area contributed by atoms with E-state index in [9.17, 15) is 9.59 Å². The van der Waals surface area contributed by atoms with Crippen LogP contribution in [0.2, 0.25) is 0 Å². The fourth-order valence-corrected chi connectivity index (χ4v) is 3.82. The lowest BCUT2D eigenvalue weighted by atomic mass is 9.96. The molecule has 5 heteroatoms. The molecule has 25 heavy (non-hydrogen) atoms. The van der Waals surface area contributed by atoms with E-state index in [1.54, 1.807) is 6.07 Å². The van der Waals surface area contributed by atoms with Crippen LogP contribution in [0, 0.1) is 5.92 Å². The van der Waals surface area contributed by atoms with Crippen molar-refractivity contribution in [3.63, 3.8) is 0 Å². The zero-order valence-corrected chi connectivity index (χ0v) is 13.9. The summed E-state index contributed by atoms with van der Waals surface area (Å²) in [5, 5.41) is 3.15. The summed E-state index contributed by atoms with van der Waals surface area (Å²) in [6.07, 6.45) is 1.78. The van der Waals surface area contributed by atoms with Crippen LogP contribution in [-0.2, 0) is 11.3 Å². The van der Waals surface area contributed by atoms with Gasteiger partial charge in [0.15, 0.2) is 0 Å². The number of amides is 1. The summed E-state index contributed by atoms with van der Waals surface area (Å²) in [6.45, 7) is 2.15. The molecule has 1 fully saturated rings. The van der Waals surface area contributed by atoms with Gasteiger partial charge in [0.05, 0.1) is 5.92 Å². The Kier molecular flexibility index (Phi) is 4.01. The van der Waals surface area contributed by atoms with Crippen LogP contribution < -0.4 is 11.4 Å². The number of fused-ring (bicyclic) bond motifs is 3. The van der Waals surface area contributed by atoms with Crippen molar-refractivity contribution in [2.45, 2.75) is 19.4 Å². The van der Waals surface area contributed by atoms with Crippen molar-refractivity contribution in [1.29, 1.82) is 0 Å². The molecule has 2 aromatic carbocycles. The van der Waals surface area contributed by atoms with Gasteiger partial charge in [0, 0.05) is 24.5 Å². The number of nitrogens with two attached hydrogens (primary N) is 1. The van der Waals surface area contributed by atoms with Crippen LogP contribution in [0.25, 0.3) is 21.7 Å². The third kappa shape index (κ3) is 3.03. The Labute approximate surface area is 145 Å². The number of rotatable bonds is 3. The van der Waals surface area contributed by atoms with Crippen LogP contribution in [0.5, 0.6) is 0 Å². The minimum absolute atomic E-state index is 0.114. The minimum Gasteiger partial charge on any atom is -0.423 e. The second kappa shape index (κ2) is 6.33. The van der Waals surface area contributed by atoms with Crippen molar-refractivity contribution >= 4 is 27.6 Å². The summed E-state index contributed by atoms with van der Waals surface area (Å²) in [7, 11) is 0. The van der Waals surface area contributed by atoms with Crippen LogP contribution in [0.4, 0.5) is 0 Å². The summed E-state index contributed by atoms with van der Waals surface area (Å²) < 4.78 is 5.41. The molecule has 0 bridgehead atoms. The van der Waals surface area contributed by atoms with Gasteiger partial charge in [-0.3, -0.25) is 9.69 Å². The average molecular weight is 336 g/mol. The molecule has 1 aliphatic rings. The molecular formula is C20H20N2O3. The highest BCUT2D eigenvalue weighted by Crippen LogP contribution is 2.29. The molecule has 1 aliphatic heterocycles. The number of hydrogen-bond acceptors (Lipinski definition) is 4. The monoisotopic (exact) mass is 336 g/mol. The summed E-state index contributed by atoms with van der Waals surface area (Å²) in [5.41, 5.74) is 6.67. The number of benzene rings is 2. The number of piperidine rings is 1. The summed E-state index contributed by atoms with van der Waals surface area (Å²) >= 11 is 0. The van der Waals surface area contributed by atoms with E-state index in [1.165, 1.54) is 0 Å². The number of carbonyl (C=O) groups excluding carboxylic acids is 1. The maximum absolute atomic E-state index is 12.0. The van der Waals surface area contributed by atoms with Gasteiger partial charge < -0.3 is 10.2 Å². The maximum atomic E-state index is 12.0. The van der Waals surface area contributed by atoms with Crippen LogP contribution in [0.15, 0.2) is 51.7 Å². The summed E-state index contributed by atoms with van der Waals surface area (Å²) in [4.78, 5) is 25.7. The maximum Gasteiger partial charge on any atom is 0.336 e. The van der Waals surface area contributed by atoms with E-state index in [2.05, 4.69) is 4.90 Å². The lowest BCUT2D eigenvalue weighted by Crippen LogP contribution is -2.40. The van der Waals surface area contributed by atoms with E-state index in [1.807, 2.05) is 36.4 Å². The number of likely N-dealkylation sites (tertiary alicyclic amines) is 1. The number of carbonyl (C=O) groups is 1. The fraction of sp³-hybridized carbons (Fsp3) is 0.300. The molecule has 1 saturated heterocycles. The first kappa shape index (κ1) is 15.8. The summed E-state index contributed by atoms with van der Waals surface area (Å²) in [5.74, 6) is -0.357. The second-order valence-electron chi connectivity index (χ2n) is 6.73. The molecule has 5 nitrogen and oxygen atoms in total. The van der Waals surface area contributed by atoms with Gasteiger partial charge in [-0.25, -0.2) is 4.79 Å². The zero-order valence-electron chi connectivity index (χ0n) is 13.9. The Balaban J connectivity index is 1.79. The van der Waals surface area contributed by atoms with Crippen LogP contribution in [0.3, 0.4) is 0 Å². The minimum atomic E-state index is -0.346. The number of nitrogens with zero attached hydrogens (tertiary/aromatic N) is 1. The largest absolute Gasteiger partial charge is 0.423 e. The summed E-state index contributed by atoms with van der Waals surface area (Å²) in [6, 6.07) is 13.5. The van der Waals surface area contributed by atoms with Gasteiger partial charge in [-0.15, -0.1) is 0 Å². The first-order valence-electron chi connectivity index (χ1n) is 8.58. The highest BCUT2D eigenvalue weighted by Gasteiger charge is 2.24. The van der Waals surface area contributed by atoms with Crippen molar-refractivity contribution in [3.05, 3.63) is 58.4 Å². The van der Waals surface area contributed by atoms with Crippen molar-refractivity contribution < 1.29 is 9.21 Å². The highest BCUT2D eigenvalue weighted by molar-refractivity contribution is 6.07. The average Bonchev–Trinajstić information content (AvgIpc) is 2.61. The van der Waals surface area contributed by atoms with Gasteiger partial charge in [-0.05, 0) is 41.8 Å². The quantitative estimate of drug-likeness (QED) is 0.589. The molecule has 1 aromatic heterocycles. The van der Waals surface area contributed by atoms with E-state index in [0.717, 1.165) is 41.1 Å². The molecule has 3 aromatic rings. The van der Waals surface area contributed by atoms with Crippen LogP contribution in [0.1, 0.15) is 18.4 Å².